The molecule has 2 fully saturated rings. The van der Waals surface area contributed by atoms with E-state index < -0.39 is 0 Å². The molecule has 0 aromatic heterocycles. The number of fused-ring (bicyclic) bond motifs is 1. The molecule has 92 valence electrons. The van der Waals surface area contributed by atoms with Crippen molar-refractivity contribution in [2.45, 2.75) is 32.2 Å². The second kappa shape index (κ2) is 4.72. The highest BCUT2D eigenvalue weighted by Gasteiger charge is 2.38. The van der Waals surface area contributed by atoms with Crippen LogP contribution in [0.15, 0.2) is 0 Å². The first-order valence-electron chi connectivity index (χ1n) is 6.35. The monoisotopic (exact) mass is 225 g/mol. The van der Waals surface area contributed by atoms with Gasteiger partial charge < -0.3 is 16.4 Å². The van der Waals surface area contributed by atoms with E-state index in [-0.39, 0.29) is 11.8 Å². The summed E-state index contributed by atoms with van der Waals surface area (Å²) in [6.07, 6.45) is 3.74. The van der Waals surface area contributed by atoms with Gasteiger partial charge in [-0.15, -0.1) is 0 Å². The lowest BCUT2D eigenvalue weighted by Crippen LogP contribution is -2.38. The van der Waals surface area contributed by atoms with E-state index in [0.29, 0.717) is 12.0 Å². The topological polar surface area (TPSA) is 72.3 Å². The number of carbonyl (C=O) groups is 1. The highest BCUT2D eigenvalue weighted by atomic mass is 16.1. The van der Waals surface area contributed by atoms with Crippen molar-refractivity contribution in [3.63, 3.8) is 0 Å². The summed E-state index contributed by atoms with van der Waals surface area (Å²) in [5.41, 5.74) is 11.5. The van der Waals surface area contributed by atoms with E-state index in [1.165, 1.54) is 19.3 Å². The first-order valence-corrected chi connectivity index (χ1v) is 6.35. The largest absolute Gasteiger partial charge is 0.369 e. The molecular weight excluding hydrogens is 202 g/mol. The van der Waals surface area contributed by atoms with E-state index >= 15 is 0 Å². The highest BCUT2D eigenvalue weighted by molar-refractivity contribution is 5.76. The molecule has 4 N–H and O–H groups in total. The summed E-state index contributed by atoms with van der Waals surface area (Å²) < 4.78 is 0. The Morgan fingerprint density at radius 1 is 1.44 bits per heavy atom. The number of primary amides is 1. The van der Waals surface area contributed by atoms with Crippen LogP contribution >= 0.6 is 0 Å². The third-order valence-electron chi connectivity index (χ3n) is 4.25. The Balaban J connectivity index is 1.89. The predicted octanol–water partition coefficient (Wildman–Crippen LogP) is 0.167. The van der Waals surface area contributed by atoms with Crippen LogP contribution in [0.5, 0.6) is 0 Å². The molecule has 1 saturated heterocycles. The van der Waals surface area contributed by atoms with E-state index in [1.807, 2.05) is 6.92 Å². The lowest BCUT2D eigenvalue weighted by molar-refractivity contribution is -0.121. The fraction of sp³-hybridized carbons (Fsp3) is 0.917. The maximum Gasteiger partial charge on any atom is 0.221 e. The molecule has 1 saturated carbocycles. The van der Waals surface area contributed by atoms with Crippen LogP contribution in [0.2, 0.25) is 0 Å². The van der Waals surface area contributed by atoms with Crippen molar-refractivity contribution in [3.8, 4) is 0 Å². The Morgan fingerprint density at radius 2 is 2.19 bits per heavy atom. The molecule has 2 aliphatic rings. The summed E-state index contributed by atoms with van der Waals surface area (Å²) >= 11 is 0. The van der Waals surface area contributed by atoms with Crippen LogP contribution in [0.25, 0.3) is 0 Å². The zero-order valence-corrected chi connectivity index (χ0v) is 10.1. The fourth-order valence-electron chi connectivity index (χ4n) is 3.24. The predicted molar refractivity (Wildman–Crippen MR) is 63.6 cm³/mol. The summed E-state index contributed by atoms with van der Waals surface area (Å²) in [6, 6.07) is 0.368. The molecule has 0 bridgehead atoms. The number of rotatable bonds is 3. The summed E-state index contributed by atoms with van der Waals surface area (Å²) in [6.45, 7) is 4.87. The maximum absolute atomic E-state index is 11.0. The van der Waals surface area contributed by atoms with Crippen LogP contribution in [-0.2, 0) is 4.79 Å². The van der Waals surface area contributed by atoms with Gasteiger partial charge in [0.25, 0.3) is 0 Å². The van der Waals surface area contributed by atoms with Crippen LogP contribution in [0.3, 0.4) is 0 Å². The van der Waals surface area contributed by atoms with Crippen molar-refractivity contribution in [1.82, 2.24) is 4.90 Å². The van der Waals surface area contributed by atoms with Gasteiger partial charge in [0.2, 0.25) is 5.91 Å². The summed E-state index contributed by atoms with van der Waals surface area (Å²) in [7, 11) is 0. The van der Waals surface area contributed by atoms with Crippen molar-refractivity contribution in [2.24, 2.45) is 29.2 Å². The van der Waals surface area contributed by atoms with Crippen LogP contribution < -0.4 is 11.5 Å². The number of nitrogens with two attached hydrogens (primary N) is 2. The zero-order chi connectivity index (χ0) is 11.7. The molecule has 1 amide bonds. The van der Waals surface area contributed by atoms with Crippen LogP contribution in [0, 0.1) is 17.8 Å². The summed E-state index contributed by atoms with van der Waals surface area (Å²) in [5.74, 6) is 1.16. The number of nitrogens with zero attached hydrogens (tertiary/aromatic N) is 1. The second-order valence-corrected chi connectivity index (χ2v) is 5.54. The molecule has 0 radical (unpaired) electrons. The van der Waals surface area contributed by atoms with Gasteiger partial charge in [-0.1, -0.05) is 13.3 Å². The molecule has 1 aliphatic carbocycles. The quantitative estimate of drug-likeness (QED) is 0.719. The minimum absolute atomic E-state index is 0.0450. The molecule has 1 heterocycles. The molecule has 0 aromatic carbocycles. The Bertz CT molecular complexity index is 269. The molecule has 0 aromatic rings. The standard InChI is InChI=1S/C12H23N3O/c1-8(12(14)16)5-15-6-9-3-2-4-11(13)10(9)7-15/h8-11H,2-7,13H2,1H3,(H2,14,16). The van der Waals surface area contributed by atoms with E-state index in [4.69, 9.17) is 11.5 Å². The van der Waals surface area contributed by atoms with Crippen molar-refractivity contribution in [3.05, 3.63) is 0 Å². The lowest BCUT2D eigenvalue weighted by Gasteiger charge is -2.29. The smallest absolute Gasteiger partial charge is 0.221 e. The summed E-state index contributed by atoms with van der Waals surface area (Å²) in [4.78, 5) is 13.4. The molecule has 4 unspecified atom stereocenters. The first-order chi connectivity index (χ1) is 7.58. The molecule has 1 aliphatic heterocycles. The van der Waals surface area contributed by atoms with Gasteiger partial charge in [0.05, 0.1) is 0 Å². The fourth-order valence-corrected chi connectivity index (χ4v) is 3.24. The van der Waals surface area contributed by atoms with E-state index in [9.17, 15) is 4.79 Å². The van der Waals surface area contributed by atoms with Gasteiger partial charge in [0.15, 0.2) is 0 Å². The van der Waals surface area contributed by atoms with Crippen molar-refractivity contribution >= 4 is 5.91 Å². The highest BCUT2D eigenvalue weighted by Crippen LogP contribution is 2.35. The molecule has 4 atom stereocenters. The van der Waals surface area contributed by atoms with E-state index in [2.05, 4.69) is 4.90 Å². The van der Waals surface area contributed by atoms with Gasteiger partial charge in [0.1, 0.15) is 0 Å². The van der Waals surface area contributed by atoms with E-state index in [1.54, 1.807) is 0 Å². The molecule has 0 spiro atoms. The first kappa shape index (κ1) is 11.9. The van der Waals surface area contributed by atoms with Gasteiger partial charge >= 0.3 is 0 Å². The van der Waals surface area contributed by atoms with Gasteiger partial charge in [-0.2, -0.15) is 0 Å². The third kappa shape index (κ3) is 2.38. The number of likely N-dealkylation sites (tertiary alicyclic amines) is 1. The van der Waals surface area contributed by atoms with Gasteiger partial charge in [0, 0.05) is 31.6 Å². The Labute approximate surface area is 97.3 Å². The zero-order valence-electron chi connectivity index (χ0n) is 10.1. The molecule has 16 heavy (non-hydrogen) atoms. The SMILES string of the molecule is CC(CN1CC2CCCC(N)C2C1)C(N)=O. The Morgan fingerprint density at radius 3 is 2.81 bits per heavy atom. The van der Waals surface area contributed by atoms with Crippen molar-refractivity contribution in [1.29, 1.82) is 0 Å². The average Bonchev–Trinajstić information content (AvgIpc) is 2.61. The number of hydrogen-bond donors (Lipinski definition) is 2. The maximum atomic E-state index is 11.0. The number of carbonyl (C=O) groups excluding carboxylic acids is 1. The molecular formula is C12H23N3O. The Kier molecular flexibility index (Phi) is 3.50. The van der Waals surface area contributed by atoms with E-state index in [0.717, 1.165) is 25.6 Å². The molecule has 2 rings (SSSR count). The minimum Gasteiger partial charge on any atom is -0.369 e. The number of hydrogen-bond acceptors (Lipinski definition) is 3. The summed E-state index contributed by atoms with van der Waals surface area (Å²) in [5, 5.41) is 0. The Hall–Kier alpha value is -0.610. The van der Waals surface area contributed by atoms with Crippen molar-refractivity contribution in [2.75, 3.05) is 19.6 Å². The molecule has 4 nitrogen and oxygen atoms in total. The van der Waals surface area contributed by atoms with Gasteiger partial charge in [-0.05, 0) is 24.7 Å². The van der Waals surface area contributed by atoms with Crippen LogP contribution in [-0.4, -0.2) is 36.5 Å². The van der Waals surface area contributed by atoms with Crippen LogP contribution in [0.1, 0.15) is 26.2 Å². The second-order valence-electron chi connectivity index (χ2n) is 5.54. The van der Waals surface area contributed by atoms with Crippen LogP contribution in [0.4, 0.5) is 0 Å². The lowest BCUT2D eigenvalue weighted by atomic mass is 9.78. The third-order valence-corrected chi connectivity index (χ3v) is 4.25. The van der Waals surface area contributed by atoms with Crippen molar-refractivity contribution < 1.29 is 4.79 Å². The normalized spacial score (nSPS) is 37.0. The van der Waals surface area contributed by atoms with Gasteiger partial charge in [-0.3, -0.25) is 4.79 Å². The minimum atomic E-state index is -0.195. The van der Waals surface area contributed by atoms with Gasteiger partial charge in [-0.25, -0.2) is 0 Å². The molecule has 4 heteroatoms. The average molecular weight is 225 g/mol. The number of amides is 1.